The Labute approximate surface area is 171 Å². The van der Waals surface area contributed by atoms with Crippen LogP contribution in [0.4, 0.5) is 19.0 Å². The molecule has 0 aliphatic carbocycles. The maximum Gasteiger partial charge on any atom is 0.416 e. The summed E-state index contributed by atoms with van der Waals surface area (Å²) in [5, 5.41) is 4.35. The Morgan fingerprint density at radius 2 is 1.73 bits per heavy atom. The molecule has 0 saturated carbocycles. The zero-order valence-electron chi connectivity index (χ0n) is 16.2. The maximum absolute atomic E-state index is 12.8. The lowest BCUT2D eigenvalue weighted by Crippen LogP contribution is -2.16. The first kappa shape index (κ1) is 21.4. The number of rotatable bonds is 7. The molecule has 1 atom stereocenters. The fraction of sp³-hybridized carbons (Fsp3) is 0.238. The van der Waals surface area contributed by atoms with E-state index in [4.69, 9.17) is 16.2 Å². The summed E-state index contributed by atoms with van der Waals surface area (Å²) in [6, 6.07) is 13.6. The van der Waals surface area contributed by atoms with Crippen LogP contribution >= 0.6 is 0 Å². The first-order valence-corrected chi connectivity index (χ1v) is 9.14. The van der Waals surface area contributed by atoms with Crippen LogP contribution in [0.5, 0.6) is 0 Å². The van der Waals surface area contributed by atoms with E-state index in [0.717, 1.165) is 17.7 Å². The smallest absolute Gasteiger partial charge is 0.383 e. The zero-order valence-corrected chi connectivity index (χ0v) is 16.2. The Morgan fingerprint density at radius 1 is 1.10 bits per heavy atom. The van der Waals surface area contributed by atoms with Crippen LogP contribution in [-0.4, -0.2) is 15.7 Å². The van der Waals surface area contributed by atoms with Gasteiger partial charge in [0.1, 0.15) is 17.1 Å². The minimum atomic E-state index is -4.42. The van der Waals surface area contributed by atoms with Gasteiger partial charge in [0.05, 0.1) is 24.8 Å². The highest BCUT2D eigenvalue weighted by molar-refractivity contribution is 5.98. The molecule has 0 radical (unpaired) electrons. The second kappa shape index (κ2) is 8.58. The predicted octanol–water partition coefficient (Wildman–Crippen LogP) is 3.91. The number of amides is 1. The van der Waals surface area contributed by atoms with E-state index >= 15 is 0 Å². The molecule has 0 spiro atoms. The third kappa shape index (κ3) is 4.62. The molecular formula is C21H21F3N4O2. The van der Waals surface area contributed by atoms with Crippen molar-refractivity contribution in [2.24, 2.45) is 5.73 Å². The van der Waals surface area contributed by atoms with Crippen molar-refractivity contribution < 1.29 is 22.7 Å². The number of nitrogen functional groups attached to an aromatic ring is 1. The minimum absolute atomic E-state index is 0.00407. The number of halogens is 3. The quantitative estimate of drug-likeness (QED) is 0.608. The number of carbonyl (C=O) groups excluding carboxylic acids is 1. The van der Waals surface area contributed by atoms with E-state index in [-0.39, 0.29) is 23.7 Å². The molecule has 4 N–H and O–H groups in total. The fourth-order valence-corrected chi connectivity index (χ4v) is 3.09. The van der Waals surface area contributed by atoms with Crippen molar-refractivity contribution in [3.05, 3.63) is 82.5 Å². The molecule has 0 aliphatic heterocycles. The van der Waals surface area contributed by atoms with Crippen molar-refractivity contribution in [3.63, 3.8) is 0 Å². The van der Waals surface area contributed by atoms with Gasteiger partial charge in [-0.3, -0.25) is 4.79 Å². The van der Waals surface area contributed by atoms with E-state index in [2.05, 4.69) is 5.10 Å². The molecule has 0 saturated heterocycles. The largest absolute Gasteiger partial charge is 0.416 e. The van der Waals surface area contributed by atoms with E-state index in [1.54, 1.807) is 6.92 Å². The first-order chi connectivity index (χ1) is 14.2. The van der Waals surface area contributed by atoms with Crippen molar-refractivity contribution in [2.45, 2.75) is 32.4 Å². The molecule has 3 rings (SSSR count). The van der Waals surface area contributed by atoms with E-state index < -0.39 is 23.7 Å². The number of primary amides is 1. The van der Waals surface area contributed by atoms with Crippen LogP contribution < -0.4 is 11.5 Å². The van der Waals surface area contributed by atoms with Gasteiger partial charge < -0.3 is 16.2 Å². The number of carbonyl (C=O) groups is 1. The lowest BCUT2D eigenvalue weighted by Gasteiger charge is -2.15. The molecule has 0 aliphatic rings. The van der Waals surface area contributed by atoms with Crippen LogP contribution in [0, 0.1) is 0 Å². The van der Waals surface area contributed by atoms with Gasteiger partial charge >= 0.3 is 6.18 Å². The van der Waals surface area contributed by atoms with Crippen LogP contribution in [0.3, 0.4) is 0 Å². The molecule has 9 heteroatoms. The molecule has 1 heterocycles. The molecular weight excluding hydrogens is 397 g/mol. The molecule has 1 aromatic heterocycles. The molecule has 1 amide bonds. The number of hydrogen-bond acceptors (Lipinski definition) is 4. The van der Waals surface area contributed by atoms with Gasteiger partial charge in [-0.1, -0.05) is 42.5 Å². The molecule has 30 heavy (non-hydrogen) atoms. The van der Waals surface area contributed by atoms with Gasteiger partial charge in [0.2, 0.25) is 0 Å². The highest BCUT2D eigenvalue weighted by Gasteiger charge is 2.30. The van der Waals surface area contributed by atoms with Crippen LogP contribution in [0.1, 0.15) is 45.7 Å². The number of nitrogens with zero attached hydrogens (tertiary/aromatic N) is 2. The molecule has 0 fully saturated rings. The van der Waals surface area contributed by atoms with Gasteiger partial charge in [-0.15, -0.1) is 0 Å². The lowest BCUT2D eigenvalue weighted by molar-refractivity contribution is -0.137. The Bertz CT molecular complexity index is 1020. The van der Waals surface area contributed by atoms with Crippen molar-refractivity contribution in [1.29, 1.82) is 0 Å². The summed E-state index contributed by atoms with van der Waals surface area (Å²) >= 11 is 0. The second-order valence-electron chi connectivity index (χ2n) is 6.79. The molecule has 6 nitrogen and oxygen atoms in total. The number of hydrogen-bond donors (Lipinski definition) is 2. The normalized spacial score (nSPS) is 12.7. The molecule has 0 bridgehead atoms. The number of alkyl halides is 3. The number of benzene rings is 2. The Balaban J connectivity index is 1.82. The van der Waals surface area contributed by atoms with Crippen LogP contribution in [0.2, 0.25) is 0 Å². The summed E-state index contributed by atoms with van der Waals surface area (Å²) in [5.41, 5.74) is 12.6. The SMILES string of the molecule is CC(c1ccc(C(F)(F)F)cc1)n1nc(COCc2ccccc2)c(C(N)=O)c1N. The van der Waals surface area contributed by atoms with Crippen molar-refractivity contribution >= 4 is 11.7 Å². The van der Waals surface area contributed by atoms with Crippen molar-refractivity contribution in [2.75, 3.05) is 5.73 Å². The monoisotopic (exact) mass is 418 g/mol. The number of nitrogens with two attached hydrogens (primary N) is 2. The third-order valence-corrected chi connectivity index (χ3v) is 4.70. The summed E-state index contributed by atoms with van der Waals surface area (Å²) in [7, 11) is 0. The van der Waals surface area contributed by atoms with Gasteiger partial charge in [0.25, 0.3) is 5.91 Å². The van der Waals surface area contributed by atoms with Gasteiger partial charge in [0, 0.05) is 0 Å². The maximum atomic E-state index is 12.8. The summed E-state index contributed by atoms with van der Waals surface area (Å²) in [5.74, 6) is -0.718. The van der Waals surface area contributed by atoms with E-state index in [9.17, 15) is 18.0 Å². The third-order valence-electron chi connectivity index (χ3n) is 4.70. The summed E-state index contributed by atoms with van der Waals surface area (Å²) in [6.07, 6.45) is -4.42. The molecule has 158 valence electrons. The van der Waals surface area contributed by atoms with E-state index in [1.807, 2.05) is 30.3 Å². The van der Waals surface area contributed by atoms with Crippen LogP contribution in [0.15, 0.2) is 54.6 Å². The number of ether oxygens (including phenoxy) is 1. The highest BCUT2D eigenvalue weighted by Crippen LogP contribution is 2.31. The summed E-state index contributed by atoms with van der Waals surface area (Å²) in [4.78, 5) is 11.9. The zero-order chi connectivity index (χ0) is 21.9. The van der Waals surface area contributed by atoms with Gasteiger partial charge in [-0.25, -0.2) is 4.68 Å². The molecule has 3 aromatic rings. The Hall–Kier alpha value is -3.33. The predicted molar refractivity (Wildman–Crippen MR) is 105 cm³/mol. The van der Waals surface area contributed by atoms with Gasteiger partial charge in [0.15, 0.2) is 0 Å². The van der Waals surface area contributed by atoms with Crippen molar-refractivity contribution in [3.8, 4) is 0 Å². The topological polar surface area (TPSA) is 96.2 Å². The van der Waals surface area contributed by atoms with E-state index in [1.165, 1.54) is 16.8 Å². The Morgan fingerprint density at radius 3 is 2.30 bits per heavy atom. The first-order valence-electron chi connectivity index (χ1n) is 9.14. The van der Waals surface area contributed by atoms with Crippen molar-refractivity contribution in [1.82, 2.24) is 9.78 Å². The highest BCUT2D eigenvalue weighted by atomic mass is 19.4. The van der Waals surface area contributed by atoms with Gasteiger partial charge in [-0.05, 0) is 30.2 Å². The average Bonchev–Trinajstić information content (AvgIpc) is 3.04. The number of aromatic nitrogens is 2. The number of anilines is 1. The lowest BCUT2D eigenvalue weighted by atomic mass is 10.1. The minimum Gasteiger partial charge on any atom is -0.383 e. The van der Waals surface area contributed by atoms with Crippen LogP contribution in [0.25, 0.3) is 0 Å². The standard InChI is InChI=1S/C21H21F3N4O2/c1-13(15-7-9-16(10-8-15)21(22,23)24)28-19(25)18(20(26)29)17(27-28)12-30-11-14-5-3-2-4-6-14/h2-10,13H,11-12,25H2,1H3,(H2,26,29). The fourth-order valence-electron chi connectivity index (χ4n) is 3.09. The molecule has 2 aromatic carbocycles. The molecule has 1 unspecified atom stereocenters. The van der Waals surface area contributed by atoms with Gasteiger partial charge in [-0.2, -0.15) is 18.3 Å². The second-order valence-corrected chi connectivity index (χ2v) is 6.79. The van der Waals surface area contributed by atoms with Crippen LogP contribution in [-0.2, 0) is 24.1 Å². The van der Waals surface area contributed by atoms with E-state index in [0.29, 0.717) is 12.2 Å². The Kier molecular flexibility index (Phi) is 6.12. The average molecular weight is 418 g/mol. The summed E-state index contributed by atoms with van der Waals surface area (Å²) < 4.78 is 45.4. The summed E-state index contributed by atoms with van der Waals surface area (Å²) in [6.45, 7) is 2.02.